The van der Waals surface area contributed by atoms with Crippen LogP contribution in [0.4, 0.5) is 5.82 Å². The van der Waals surface area contributed by atoms with Crippen molar-refractivity contribution in [3.8, 4) is 22.8 Å². The van der Waals surface area contributed by atoms with E-state index >= 15 is 0 Å². The van der Waals surface area contributed by atoms with Gasteiger partial charge in [0.2, 0.25) is 0 Å². The number of halogens is 1. The number of pyridine rings is 1. The van der Waals surface area contributed by atoms with Gasteiger partial charge >= 0.3 is 0 Å². The Morgan fingerprint density at radius 1 is 0.909 bits per heavy atom. The highest BCUT2D eigenvalue weighted by Gasteiger charge is 2.11. The van der Waals surface area contributed by atoms with Crippen LogP contribution in [0.25, 0.3) is 22.0 Å². The molecule has 114 valence electrons. The van der Waals surface area contributed by atoms with Crippen molar-refractivity contribution in [1.82, 2.24) is 4.98 Å². The van der Waals surface area contributed by atoms with Crippen molar-refractivity contribution in [1.29, 1.82) is 0 Å². The van der Waals surface area contributed by atoms with Gasteiger partial charge in [0.25, 0.3) is 0 Å². The number of hydrogen-bond donors (Lipinski definition) is 1. The maximum absolute atomic E-state index is 6.10. The molecule has 0 saturated carbocycles. The van der Waals surface area contributed by atoms with Gasteiger partial charge in [-0.25, -0.2) is 4.98 Å². The van der Waals surface area contributed by atoms with E-state index in [4.69, 9.17) is 15.2 Å². The number of hydrogen-bond acceptors (Lipinski definition) is 4. The van der Waals surface area contributed by atoms with Crippen molar-refractivity contribution in [2.45, 2.75) is 0 Å². The van der Waals surface area contributed by atoms with Gasteiger partial charge < -0.3 is 15.2 Å². The highest BCUT2D eigenvalue weighted by Crippen LogP contribution is 2.35. The van der Waals surface area contributed by atoms with Crippen molar-refractivity contribution >= 4 is 29.0 Å². The van der Waals surface area contributed by atoms with Crippen molar-refractivity contribution in [2.75, 3.05) is 20.0 Å². The minimum Gasteiger partial charge on any atom is -0.493 e. The van der Waals surface area contributed by atoms with Gasteiger partial charge in [-0.3, -0.25) is 0 Å². The Morgan fingerprint density at radius 2 is 1.55 bits per heavy atom. The molecule has 22 heavy (non-hydrogen) atoms. The summed E-state index contributed by atoms with van der Waals surface area (Å²) < 4.78 is 10.6. The van der Waals surface area contributed by atoms with Crippen LogP contribution in [0, 0.1) is 0 Å². The van der Waals surface area contributed by atoms with Crippen molar-refractivity contribution in [2.24, 2.45) is 0 Å². The molecule has 2 N–H and O–H groups in total. The molecule has 1 aromatic heterocycles. The summed E-state index contributed by atoms with van der Waals surface area (Å²) >= 11 is 0. The van der Waals surface area contributed by atoms with Gasteiger partial charge in [0.1, 0.15) is 5.82 Å². The lowest BCUT2D eigenvalue weighted by molar-refractivity contribution is 0.356. The summed E-state index contributed by atoms with van der Waals surface area (Å²) in [5, 5.41) is 1.83. The molecule has 0 saturated heterocycles. The zero-order chi connectivity index (χ0) is 14.8. The summed E-state index contributed by atoms with van der Waals surface area (Å²) in [5.74, 6) is 1.80. The Morgan fingerprint density at radius 3 is 2.18 bits per heavy atom. The fourth-order valence-corrected chi connectivity index (χ4v) is 2.36. The molecule has 0 atom stereocenters. The average Bonchev–Trinajstić information content (AvgIpc) is 2.54. The van der Waals surface area contributed by atoms with Crippen LogP contribution in [0.3, 0.4) is 0 Å². The van der Waals surface area contributed by atoms with Crippen molar-refractivity contribution < 1.29 is 9.47 Å². The molecule has 0 amide bonds. The number of rotatable bonds is 3. The number of fused-ring (bicyclic) bond motifs is 1. The third kappa shape index (κ3) is 2.78. The molecule has 1 heterocycles. The van der Waals surface area contributed by atoms with Gasteiger partial charge in [-0.1, -0.05) is 30.3 Å². The van der Waals surface area contributed by atoms with Crippen LogP contribution < -0.4 is 15.2 Å². The Hall–Kier alpha value is -2.46. The zero-order valence-electron chi connectivity index (χ0n) is 12.4. The molecular formula is C17H17ClN2O2. The van der Waals surface area contributed by atoms with Gasteiger partial charge in [-0.2, -0.15) is 0 Å². The first-order valence-corrected chi connectivity index (χ1v) is 6.60. The van der Waals surface area contributed by atoms with Crippen LogP contribution in [0.5, 0.6) is 11.5 Å². The summed E-state index contributed by atoms with van der Waals surface area (Å²) in [6.07, 6.45) is 0. The lowest BCUT2D eigenvalue weighted by Gasteiger charge is -2.11. The highest BCUT2D eigenvalue weighted by atomic mass is 35.5. The van der Waals surface area contributed by atoms with E-state index < -0.39 is 0 Å². The van der Waals surface area contributed by atoms with Crippen molar-refractivity contribution in [3.05, 3.63) is 48.5 Å². The lowest BCUT2D eigenvalue weighted by Crippen LogP contribution is -1.97. The molecular weight excluding hydrogens is 300 g/mol. The second kappa shape index (κ2) is 6.54. The van der Waals surface area contributed by atoms with Gasteiger partial charge in [0.15, 0.2) is 11.5 Å². The maximum Gasteiger partial charge on any atom is 0.161 e. The summed E-state index contributed by atoms with van der Waals surface area (Å²) in [5.41, 5.74) is 7.97. The van der Waals surface area contributed by atoms with Gasteiger partial charge in [0, 0.05) is 10.9 Å². The standard InChI is InChI=1S/C17H16N2O2.ClH/c1-20-15-9-12-8-14(11-6-4-3-5-7-11)19-17(18)13(12)10-16(15)21-2;/h3-10H,1-2H3,(H2,18,19);1H. The first-order valence-electron chi connectivity index (χ1n) is 6.60. The van der Waals surface area contributed by atoms with Crippen LogP contribution in [0.15, 0.2) is 48.5 Å². The minimum absolute atomic E-state index is 0. The van der Waals surface area contributed by atoms with Crippen LogP contribution in [0.1, 0.15) is 0 Å². The Labute approximate surface area is 135 Å². The monoisotopic (exact) mass is 316 g/mol. The normalized spacial score (nSPS) is 10.1. The number of nitrogens with zero attached hydrogens (tertiary/aromatic N) is 1. The highest BCUT2D eigenvalue weighted by molar-refractivity contribution is 5.96. The Kier molecular flexibility index (Phi) is 4.73. The summed E-state index contributed by atoms with van der Waals surface area (Å²) in [7, 11) is 3.22. The third-order valence-electron chi connectivity index (χ3n) is 3.43. The smallest absolute Gasteiger partial charge is 0.161 e. The number of ether oxygens (including phenoxy) is 2. The van der Waals surface area contributed by atoms with E-state index in [-0.39, 0.29) is 12.4 Å². The van der Waals surface area contributed by atoms with E-state index in [2.05, 4.69) is 4.98 Å². The van der Waals surface area contributed by atoms with E-state index in [9.17, 15) is 0 Å². The fourth-order valence-electron chi connectivity index (χ4n) is 2.36. The quantitative estimate of drug-likeness (QED) is 0.795. The molecule has 2 aromatic carbocycles. The predicted octanol–water partition coefficient (Wildman–Crippen LogP) is 3.92. The van der Waals surface area contributed by atoms with Crippen LogP contribution in [0.2, 0.25) is 0 Å². The third-order valence-corrected chi connectivity index (χ3v) is 3.43. The number of aromatic nitrogens is 1. The second-order valence-electron chi connectivity index (χ2n) is 4.69. The van der Waals surface area contributed by atoms with Gasteiger partial charge in [-0.05, 0) is 23.6 Å². The van der Waals surface area contributed by atoms with E-state index in [1.807, 2.05) is 48.5 Å². The minimum atomic E-state index is 0. The van der Waals surface area contributed by atoms with E-state index in [1.54, 1.807) is 14.2 Å². The summed E-state index contributed by atoms with van der Waals surface area (Å²) in [6, 6.07) is 15.7. The molecule has 3 rings (SSSR count). The van der Waals surface area contributed by atoms with Crippen LogP contribution >= 0.6 is 12.4 Å². The fraction of sp³-hybridized carbons (Fsp3) is 0.118. The molecule has 0 aliphatic carbocycles. The van der Waals surface area contributed by atoms with E-state index in [1.165, 1.54) is 0 Å². The molecule has 0 aliphatic rings. The Balaban J connectivity index is 0.00000176. The molecule has 0 aliphatic heterocycles. The number of nitrogens with two attached hydrogens (primary N) is 1. The summed E-state index contributed by atoms with van der Waals surface area (Å²) in [4.78, 5) is 4.48. The van der Waals surface area contributed by atoms with Crippen LogP contribution in [-0.2, 0) is 0 Å². The molecule has 0 unspecified atom stereocenters. The number of benzene rings is 2. The molecule has 0 radical (unpaired) electrons. The lowest BCUT2D eigenvalue weighted by atomic mass is 10.1. The number of methoxy groups -OCH3 is 2. The van der Waals surface area contributed by atoms with E-state index in [0.717, 1.165) is 22.0 Å². The van der Waals surface area contributed by atoms with Crippen LogP contribution in [-0.4, -0.2) is 19.2 Å². The average molecular weight is 317 g/mol. The molecule has 0 spiro atoms. The first kappa shape index (κ1) is 15.9. The maximum atomic E-state index is 6.10. The summed E-state index contributed by atoms with van der Waals surface area (Å²) in [6.45, 7) is 0. The SMILES string of the molecule is COc1cc2cc(-c3ccccc3)nc(N)c2cc1OC.Cl. The second-order valence-corrected chi connectivity index (χ2v) is 4.69. The molecule has 0 fully saturated rings. The first-order chi connectivity index (χ1) is 10.2. The Bertz CT molecular complexity index is 792. The largest absolute Gasteiger partial charge is 0.493 e. The predicted molar refractivity (Wildman–Crippen MR) is 91.9 cm³/mol. The topological polar surface area (TPSA) is 57.4 Å². The van der Waals surface area contributed by atoms with Crippen molar-refractivity contribution in [3.63, 3.8) is 0 Å². The number of nitrogen functional groups attached to an aromatic ring is 1. The van der Waals surface area contributed by atoms with Gasteiger partial charge in [-0.15, -0.1) is 12.4 Å². The molecule has 0 bridgehead atoms. The van der Waals surface area contributed by atoms with E-state index in [0.29, 0.717) is 17.3 Å². The molecule has 4 nitrogen and oxygen atoms in total. The van der Waals surface area contributed by atoms with Gasteiger partial charge in [0.05, 0.1) is 19.9 Å². The molecule has 3 aromatic rings. The number of anilines is 1. The molecule has 5 heteroatoms. The zero-order valence-corrected chi connectivity index (χ0v) is 13.2.